The molecule has 0 aliphatic heterocycles. The summed E-state index contributed by atoms with van der Waals surface area (Å²) < 4.78 is 129. The van der Waals surface area contributed by atoms with E-state index in [1.165, 1.54) is 43.3 Å². The van der Waals surface area contributed by atoms with Crippen LogP contribution in [-0.4, -0.2) is 34.5 Å². The number of benzene rings is 2. The van der Waals surface area contributed by atoms with Gasteiger partial charge in [0.15, 0.2) is 0 Å². The summed E-state index contributed by atoms with van der Waals surface area (Å²) in [6.07, 6.45) is -0.453. The van der Waals surface area contributed by atoms with E-state index >= 15 is 0 Å². The first-order valence-electron chi connectivity index (χ1n) is 8.67. The molecule has 0 N–H and O–H groups in total. The minimum Gasteiger partial charge on any atom is -0.376 e. The third-order valence-corrected chi connectivity index (χ3v) is 6.16. The highest BCUT2D eigenvalue weighted by Gasteiger charge is 2.49. The lowest BCUT2D eigenvalue weighted by Gasteiger charge is -2.22. The Bertz CT molecular complexity index is 1140. The summed E-state index contributed by atoms with van der Waals surface area (Å²) >= 11 is 0. The van der Waals surface area contributed by atoms with E-state index in [-0.39, 0.29) is 5.56 Å². The van der Waals surface area contributed by atoms with Gasteiger partial charge < -0.3 is 4.18 Å². The van der Waals surface area contributed by atoms with Crippen LogP contribution in [0.25, 0.3) is 0 Å². The fraction of sp³-hybridized carbons (Fsp3) is 0.333. The van der Waals surface area contributed by atoms with Crippen LogP contribution in [-0.2, 0) is 24.4 Å². The van der Waals surface area contributed by atoms with E-state index in [0.29, 0.717) is 11.1 Å². The molecule has 1 atom stereocenters. The van der Waals surface area contributed by atoms with E-state index in [9.17, 15) is 43.2 Å². The van der Waals surface area contributed by atoms with Gasteiger partial charge in [-0.15, -0.1) is 0 Å². The minimum atomic E-state index is -6.04. The summed E-state index contributed by atoms with van der Waals surface area (Å²) in [5.41, 5.74) is -10.7. The Morgan fingerprint density at radius 1 is 0.844 bits per heavy atom. The highest BCUT2D eigenvalue weighted by atomic mass is 32.2. The van der Waals surface area contributed by atoms with Crippen molar-refractivity contribution in [2.24, 2.45) is 0 Å². The zero-order valence-corrected chi connectivity index (χ0v) is 17.8. The number of alkyl halides is 6. The van der Waals surface area contributed by atoms with Crippen molar-refractivity contribution in [2.75, 3.05) is 6.61 Å². The molecule has 0 spiro atoms. The van der Waals surface area contributed by atoms with Crippen LogP contribution in [0.1, 0.15) is 29.0 Å². The largest absolute Gasteiger partial charge is 0.534 e. The normalized spacial score (nSPS) is 14.2. The number of aryl methyl sites for hydroxylation is 1. The van der Waals surface area contributed by atoms with Gasteiger partial charge in [0.05, 0.1) is 6.61 Å². The van der Waals surface area contributed by atoms with Gasteiger partial charge in [-0.2, -0.15) is 43.2 Å². The molecule has 14 heteroatoms. The van der Waals surface area contributed by atoms with Crippen molar-refractivity contribution in [1.29, 1.82) is 0 Å². The van der Waals surface area contributed by atoms with Gasteiger partial charge in [-0.1, -0.05) is 48.0 Å². The standard InChI is InChI=1S/C18H16F6O6S2/c1-12-7-8-16(30-32(27,28)18(22,23)24)15(11-12)14(13-5-3-2-4-6-13)9-10-29-31(25,26)17(19,20)21/h2-8,11,14H,9-10H2,1H3. The molecule has 0 radical (unpaired) electrons. The van der Waals surface area contributed by atoms with Crippen molar-refractivity contribution in [3.8, 4) is 5.75 Å². The maximum Gasteiger partial charge on any atom is 0.534 e. The van der Waals surface area contributed by atoms with Crippen LogP contribution in [0.15, 0.2) is 48.5 Å². The molecule has 0 aromatic heterocycles. The molecule has 0 amide bonds. The highest BCUT2D eigenvalue weighted by Crippen LogP contribution is 2.38. The first-order chi connectivity index (χ1) is 14.6. The van der Waals surface area contributed by atoms with Crippen molar-refractivity contribution in [1.82, 2.24) is 0 Å². The third kappa shape index (κ3) is 6.13. The third-order valence-electron chi connectivity index (χ3n) is 4.15. The second kappa shape index (κ2) is 9.27. The van der Waals surface area contributed by atoms with Gasteiger partial charge in [0.25, 0.3) is 0 Å². The highest BCUT2D eigenvalue weighted by molar-refractivity contribution is 7.88. The molecule has 2 rings (SSSR count). The molecule has 2 aromatic carbocycles. The van der Waals surface area contributed by atoms with Gasteiger partial charge in [-0.3, -0.25) is 4.18 Å². The molecule has 0 saturated carbocycles. The Labute approximate surface area is 180 Å². The molecule has 178 valence electrons. The van der Waals surface area contributed by atoms with Crippen LogP contribution >= 0.6 is 0 Å². The van der Waals surface area contributed by atoms with Crippen LogP contribution in [0.2, 0.25) is 0 Å². The lowest BCUT2D eigenvalue weighted by molar-refractivity contribution is -0.0543. The summed E-state index contributed by atoms with van der Waals surface area (Å²) in [4.78, 5) is 0. The second-order valence-corrected chi connectivity index (χ2v) is 9.64. The fourth-order valence-corrected chi connectivity index (χ4v) is 3.64. The number of hydrogen-bond acceptors (Lipinski definition) is 6. The Kier molecular flexibility index (Phi) is 7.52. The molecule has 6 nitrogen and oxygen atoms in total. The van der Waals surface area contributed by atoms with Crippen molar-refractivity contribution < 1.29 is 51.5 Å². The molecular formula is C18H16F6O6S2. The lowest BCUT2D eigenvalue weighted by atomic mass is 9.87. The molecule has 0 heterocycles. The van der Waals surface area contributed by atoms with Gasteiger partial charge in [-0.05, 0) is 25.0 Å². The summed E-state index contributed by atoms with van der Waals surface area (Å²) in [7, 11) is -11.9. The number of hydrogen-bond donors (Lipinski definition) is 0. The van der Waals surface area contributed by atoms with Crippen LogP contribution in [0.4, 0.5) is 26.3 Å². The van der Waals surface area contributed by atoms with Gasteiger partial charge in [0.2, 0.25) is 0 Å². The maximum atomic E-state index is 12.8. The molecule has 0 aliphatic carbocycles. The Balaban J connectivity index is 2.48. The predicted molar refractivity (Wildman–Crippen MR) is 101 cm³/mol. The molecular weight excluding hydrogens is 490 g/mol. The van der Waals surface area contributed by atoms with E-state index < -0.39 is 55.9 Å². The van der Waals surface area contributed by atoms with E-state index in [1.54, 1.807) is 6.07 Å². The lowest BCUT2D eigenvalue weighted by Crippen LogP contribution is -2.28. The monoisotopic (exact) mass is 506 g/mol. The average Bonchev–Trinajstić information content (AvgIpc) is 2.65. The van der Waals surface area contributed by atoms with Gasteiger partial charge in [0.1, 0.15) is 5.75 Å². The quantitative estimate of drug-likeness (QED) is 0.295. The SMILES string of the molecule is Cc1ccc(OS(=O)(=O)C(F)(F)F)c(C(CCOS(=O)(=O)C(F)(F)F)c2ccccc2)c1. The molecule has 1 unspecified atom stereocenters. The summed E-state index contributed by atoms with van der Waals surface area (Å²) in [5.74, 6) is -1.77. The Hall–Kier alpha value is -2.32. The first-order valence-corrected chi connectivity index (χ1v) is 11.5. The fourth-order valence-electron chi connectivity index (χ4n) is 2.71. The van der Waals surface area contributed by atoms with E-state index in [0.717, 1.165) is 6.07 Å². The number of halogens is 6. The van der Waals surface area contributed by atoms with Gasteiger partial charge in [-0.25, -0.2) is 0 Å². The van der Waals surface area contributed by atoms with Crippen LogP contribution in [0.3, 0.4) is 0 Å². The summed E-state index contributed by atoms with van der Waals surface area (Å²) in [5, 5.41) is 0. The first kappa shape index (κ1) is 25.9. The smallest absolute Gasteiger partial charge is 0.376 e. The van der Waals surface area contributed by atoms with Crippen molar-refractivity contribution in [2.45, 2.75) is 30.3 Å². The molecule has 2 aromatic rings. The van der Waals surface area contributed by atoms with Crippen LogP contribution in [0, 0.1) is 6.92 Å². The van der Waals surface area contributed by atoms with E-state index in [4.69, 9.17) is 0 Å². The summed E-state index contributed by atoms with van der Waals surface area (Å²) in [6, 6.07) is 11.1. The predicted octanol–water partition coefficient (Wildman–Crippen LogP) is 4.61. The molecule has 0 saturated heterocycles. The average molecular weight is 506 g/mol. The molecule has 0 bridgehead atoms. The second-order valence-electron chi connectivity index (χ2n) is 6.50. The van der Waals surface area contributed by atoms with Crippen molar-refractivity contribution >= 4 is 20.2 Å². The zero-order valence-electron chi connectivity index (χ0n) is 16.1. The van der Waals surface area contributed by atoms with Crippen LogP contribution in [0.5, 0.6) is 5.75 Å². The van der Waals surface area contributed by atoms with Crippen molar-refractivity contribution in [3.63, 3.8) is 0 Å². The topological polar surface area (TPSA) is 86.7 Å². The van der Waals surface area contributed by atoms with E-state index in [1.807, 2.05) is 0 Å². The molecule has 32 heavy (non-hydrogen) atoms. The molecule has 0 aliphatic rings. The van der Waals surface area contributed by atoms with Crippen LogP contribution < -0.4 is 4.18 Å². The number of rotatable bonds is 8. The Morgan fingerprint density at radius 3 is 1.94 bits per heavy atom. The molecule has 0 fully saturated rings. The summed E-state index contributed by atoms with van der Waals surface area (Å²) in [6.45, 7) is 0.555. The Morgan fingerprint density at radius 2 is 1.41 bits per heavy atom. The minimum absolute atomic E-state index is 0.114. The van der Waals surface area contributed by atoms with E-state index in [2.05, 4.69) is 8.37 Å². The van der Waals surface area contributed by atoms with Crippen molar-refractivity contribution in [3.05, 3.63) is 65.2 Å². The van der Waals surface area contributed by atoms with Gasteiger partial charge >= 0.3 is 31.3 Å². The van der Waals surface area contributed by atoms with Gasteiger partial charge in [0, 0.05) is 11.5 Å². The zero-order chi connectivity index (χ0) is 24.4. The maximum absolute atomic E-state index is 12.8.